The Morgan fingerprint density at radius 3 is 2.62 bits per heavy atom. The van der Waals surface area contributed by atoms with E-state index in [4.69, 9.17) is 0 Å². The maximum atomic E-state index is 12.2. The summed E-state index contributed by atoms with van der Waals surface area (Å²) in [6, 6.07) is 7.36. The molecule has 2 unspecified atom stereocenters. The first-order valence-electron chi connectivity index (χ1n) is 8.04. The fourth-order valence-corrected chi connectivity index (χ4v) is 3.07. The van der Waals surface area contributed by atoms with Crippen LogP contribution in [0.3, 0.4) is 0 Å². The first-order valence-corrected chi connectivity index (χ1v) is 8.84. The van der Waals surface area contributed by atoms with Crippen molar-refractivity contribution in [2.75, 3.05) is 19.6 Å². The van der Waals surface area contributed by atoms with E-state index in [0.717, 1.165) is 36.0 Å². The summed E-state index contributed by atoms with van der Waals surface area (Å²) in [4.78, 5) is 23.6. The average Bonchev–Trinajstić information content (AvgIpc) is 2.53. The molecule has 0 saturated carbocycles. The fraction of sp³-hybridized carbons (Fsp3) is 0.529. The molecule has 134 valence electrons. The first kappa shape index (κ1) is 20.9. The van der Waals surface area contributed by atoms with Gasteiger partial charge in [-0.2, -0.15) is 0 Å². The molecule has 1 aromatic rings. The predicted octanol–water partition coefficient (Wildman–Crippen LogP) is 2.55. The zero-order valence-corrected chi connectivity index (χ0v) is 16.2. The van der Waals surface area contributed by atoms with Crippen molar-refractivity contribution in [1.29, 1.82) is 0 Å². The number of carbonyl (C=O) groups is 2. The molecule has 2 amide bonds. The molecule has 0 aromatic heterocycles. The third kappa shape index (κ3) is 7.20. The van der Waals surface area contributed by atoms with E-state index < -0.39 is 0 Å². The van der Waals surface area contributed by atoms with Crippen LogP contribution in [0.1, 0.15) is 37.8 Å². The van der Waals surface area contributed by atoms with Crippen LogP contribution in [0.2, 0.25) is 0 Å². The highest BCUT2D eigenvalue weighted by atomic mass is 79.9. The number of hydrogen-bond acceptors (Lipinski definition) is 3. The minimum absolute atomic E-state index is 0. The third-order valence-corrected chi connectivity index (χ3v) is 4.55. The van der Waals surface area contributed by atoms with Crippen LogP contribution in [0.15, 0.2) is 28.7 Å². The smallest absolute Gasteiger partial charge is 0.222 e. The Morgan fingerprint density at radius 1 is 1.33 bits per heavy atom. The molecule has 3 N–H and O–H groups in total. The van der Waals surface area contributed by atoms with E-state index in [1.165, 1.54) is 6.92 Å². The van der Waals surface area contributed by atoms with E-state index in [1.54, 1.807) is 0 Å². The van der Waals surface area contributed by atoms with Gasteiger partial charge in [-0.05, 0) is 49.5 Å². The molecule has 0 aliphatic carbocycles. The van der Waals surface area contributed by atoms with Crippen LogP contribution in [0.4, 0.5) is 0 Å². The highest BCUT2D eigenvalue weighted by molar-refractivity contribution is 9.10. The van der Waals surface area contributed by atoms with E-state index in [2.05, 4.69) is 31.9 Å². The number of halogens is 2. The van der Waals surface area contributed by atoms with Crippen molar-refractivity contribution in [3.8, 4) is 0 Å². The lowest BCUT2D eigenvalue weighted by Crippen LogP contribution is -2.39. The van der Waals surface area contributed by atoms with Gasteiger partial charge in [-0.3, -0.25) is 9.59 Å². The third-order valence-electron chi connectivity index (χ3n) is 4.03. The highest BCUT2D eigenvalue weighted by Crippen LogP contribution is 2.20. The van der Waals surface area contributed by atoms with E-state index in [-0.39, 0.29) is 36.7 Å². The first-order chi connectivity index (χ1) is 11.0. The van der Waals surface area contributed by atoms with Gasteiger partial charge in [0.25, 0.3) is 0 Å². The van der Waals surface area contributed by atoms with Gasteiger partial charge in [0.1, 0.15) is 0 Å². The maximum Gasteiger partial charge on any atom is 0.222 e. The van der Waals surface area contributed by atoms with Crippen molar-refractivity contribution in [1.82, 2.24) is 16.0 Å². The molecule has 24 heavy (non-hydrogen) atoms. The monoisotopic (exact) mass is 417 g/mol. The average molecular weight is 419 g/mol. The lowest BCUT2D eigenvalue weighted by molar-refractivity contribution is -0.123. The van der Waals surface area contributed by atoms with Gasteiger partial charge < -0.3 is 16.0 Å². The molecule has 0 bridgehead atoms. The summed E-state index contributed by atoms with van der Waals surface area (Å²) in [6.07, 6.45) is 2.56. The second-order valence-electron chi connectivity index (χ2n) is 6.03. The Hall–Kier alpha value is -1.11. The zero-order valence-electron chi connectivity index (χ0n) is 13.8. The van der Waals surface area contributed by atoms with Crippen molar-refractivity contribution in [2.24, 2.45) is 5.92 Å². The number of benzene rings is 1. The topological polar surface area (TPSA) is 70.2 Å². The van der Waals surface area contributed by atoms with Crippen LogP contribution >= 0.6 is 28.3 Å². The minimum atomic E-state index is -0.301. The number of carbonyl (C=O) groups excluding carboxylic acids is 2. The van der Waals surface area contributed by atoms with Crippen molar-refractivity contribution in [3.63, 3.8) is 0 Å². The van der Waals surface area contributed by atoms with E-state index >= 15 is 0 Å². The minimum Gasteiger partial charge on any atom is -0.356 e. The number of amides is 2. The van der Waals surface area contributed by atoms with E-state index in [0.29, 0.717) is 12.5 Å². The molecule has 1 heterocycles. The molecule has 1 aromatic carbocycles. The largest absolute Gasteiger partial charge is 0.356 e. The van der Waals surface area contributed by atoms with Crippen molar-refractivity contribution < 1.29 is 9.59 Å². The van der Waals surface area contributed by atoms with Crippen LogP contribution < -0.4 is 16.0 Å². The summed E-state index contributed by atoms with van der Waals surface area (Å²) >= 11 is 3.39. The number of piperidine rings is 1. The zero-order chi connectivity index (χ0) is 16.7. The van der Waals surface area contributed by atoms with Gasteiger partial charge in [-0.1, -0.05) is 28.1 Å². The van der Waals surface area contributed by atoms with Crippen molar-refractivity contribution >= 4 is 40.2 Å². The van der Waals surface area contributed by atoms with Gasteiger partial charge in [-0.25, -0.2) is 0 Å². The number of hydrogen-bond donors (Lipinski definition) is 3. The van der Waals surface area contributed by atoms with Crippen LogP contribution in [-0.2, 0) is 9.59 Å². The number of rotatable bonds is 6. The normalized spacial score (nSPS) is 18.2. The lowest BCUT2D eigenvalue weighted by atomic mass is 9.99. The number of nitrogens with one attached hydrogen (secondary N) is 3. The van der Waals surface area contributed by atoms with Gasteiger partial charge in [0.05, 0.1) is 12.5 Å². The molecule has 5 nitrogen and oxygen atoms in total. The molecule has 1 aliphatic rings. The second-order valence-corrected chi connectivity index (χ2v) is 6.94. The Balaban J connectivity index is 0.00000288. The molecular weight excluding hydrogens is 394 g/mol. The van der Waals surface area contributed by atoms with Gasteiger partial charge in [0.15, 0.2) is 0 Å². The van der Waals surface area contributed by atoms with Gasteiger partial charge >= 0.3 is 0 Å². The molecule has 2 atom stereocenters. The fourth-order valence-electron chi connectivity index (χ4n) is 2.81. The Labute approximate surface area is 157 Å². The van der Waals surface area contributed by atoms with Crippen LogP contribution in [0, 0.1) is 5.92 Å². The van der Waals surface area contributed by atoms with Gasteiger partial charge in [0.2, 0.25) is 11.8 Å². The summed E-state index contributed by atoms with van der Waals surface area (Å²) in [7, 11) is 0. The summed E-state index contributed by atoms with van der Waals surface area (Å²) < 4.78 is 0.970. The Bertz CT molecular complexity index is 533. The summed E-state index contributed by atoms with van der Waals surface area (Å²) in [6.45, 7) is 4.19. The van der Waals surface area contributed by atoms with Gasteiger partial charge in [-0.15, -0.1) is 12.4 Å². The molecule has 2 rings (SSSR count). The molecule has 1 aliphatic heterocycles. The van der Waals surface area contributed by atoms with E-state index in [1.807, 2.05) is 24.3 Å². The van der Waals surface area contributed by atoms with E-state index in [9.17, 15) is 9.59 Å². The van der Waals surface area contributed by atoms with Crippen LogP contribution in [0.25, 0.3) is 0 Å². The summed E-state index contributed by atoms with van der Waals surface area (Å²) in [5, 5.41) is 9.20. The van der Waals surface area contributed by atoms with Crippen molar-refractivity contribution in [3.05, 3.63) is 34.3 Å². The maximum absolute atomic E-state index is 12.2. The molecule has 1 fully saturated rings. The van der Waals surface area contributed by atoms with Crippen LogP contribution in [0.5, 0.6) is 0 Å². The predicted molar refractivity (Wildman–Crippen MR) is 101 cm³/mol. The quantitative estimate of drug-likeness (QED) is 0.665. The molecule has 0 spiro atoms. The molecule has 1 saturated heterocycles. The standard InChI is InChI=1S/C17H24BrN3O2.ClH/c1-12(22)21-16(14-4-6-15(18)7-5-14)9-17(23)20-11-13-3-2-8-19-10-13;/h4-7,13,16,19H,2-3,8-11H2,1H3,(H,20,23)(H,21,22);1H. The second kappa shape index (κ2) is 10.7. The Morgan fingerprint density at radius 2 is 2.04 bits per heavy atom. The molecule has 0 radical (unpaired) electrons. The summed E-state index contributed by atoms with van der Waals surface area (Å²) in [5.74, 6) is 0.332. The SMILES string of the molecule is CC(=O)NC(CC(=O)NCC1CCCNC1)c1ccc(Br)cc1.Cl. The summed E-state index contributed by atoms with van der Waals surface area (Å²) in [5.41, 5.74) is 0.929. The van der Waals surface area contributed by atoms with Gasteiger partial charge in [0, 0.05) is 17.9 Å². The molecular formula is C17H25BrClN3O2. The highest BCUT2D eigenvalue weighted by Gasteiger charge is 2.19. The Kier molecular flexibility index (Phi) is 9.33. The van der Waals surface area contributed by atoms with Crippen molar-refractivity contribution in [2.45, 2.75) is 32.2 Å². The van der Waals surface area contributed by atoms with Crippen LogP contribution in [-0.4, -0.2) is 31.4 Å². The lowest BCUT2D eigenvalue weighted by Gasteiger charge is -2.24. The molecule has 7 heteroatoms.